The van der Waals surface area contributed by atoms with E-state index in [0.717, 1.165) is 18.7 Å². The maximum Gasteiger partial charge on any atom is 0.241 e. The molecule has 1 saturated carbocycles. The lowest BCUT2D eigenvalue weighted by Gasteiger charge is -2.19. The summed E-state index contributed by atoms with van der Waals surface area (Å²) in [5, 5.41) is 3.05. The molecule has 0 unspecified atom stereocenters. The molecule has 1 aliphatic rings. The highest BCUT2D eigenvalue weighted by molar-refractivity contribution is 5.80. The van der Waals surface area contributed by atoms with Gasteiger partial charge in [0.05, 0.1) is 6.54 Å². The van der Waals surface area contributed by atoms with Gasteiger partial charge >= 0.3 is 0 Å². The molecule has 1 amide bonds. The van der Waals surface area contributed by atoms with Crippen LogP contribution in [0.3, 0.4) is 0 Å². The van der Waals surface area contributed by atoms with Gasteiger partial charge in [0.1, 0.15) is 17.5 Å². The molecule has 1 aromatic rings. The molecule has 0 atom stereocenters. The van der Waals surface area contributed by atoms with Crippen LogP contribution in [0, 0.1) is 0 Å². The van der Waals surface area contributed by atoms with Crippen LogP contribution in [0.4, 0.5) is 11.6 Å². The van der Waals surface area contributed by atoms with Gasteiger partial charge in [-0.15, -0.1) is 0 Å². The number of anilines is 2. The largest absolute Gasteiger partial charge is 0.361 e. The number of likely N-dealkylation sites (N-methyl/N-ethyl adjacent to an activating group) is 1. The number of amides is 1. The van der Waals surface area contributed by atoms with E-state index in [2.05, 4.69) is 20.7 Å². The van der Waals surface area contributed by atoms with E-state index in [-0.39, 0.29) is 12.5 Å². The molecular formula is C13H22N6O. The molecular weight excluding hydrogens is 256 g/mol. The molecule has 2 rings (SSSR count). The summed E-state index contributed by atoms with van der Waals surface area (Å²) in [6, 6.07) is 1.71. The Labute approximate surface area is 118 Å². The fourth-order valence-corrected chi connectivity index (χ4v) is 2.01. The zero-order valence-electron chi connectivity index (χ0n) is 12.0. The second kappa shape index (κ2) is 6.51. The number of aromatic nitrogens is 2. The third-order valence-corrected chi connectivity index (χ3v) is 3.37. The predicted molar refractivity (Wildman–Crippen MR) is 78.2 cm³/mol. The molecule has 7 heteroatoms. The van der Waals surface area contributed by atoms with Crippen LogP contribution in [0.15, 0.2) is 6.07 Å². The Morgan fingerprint density at radius 1 is 1.35 bits per heavy atom. The minimum absolute atomic E-state index is 0.0591. The molecule has 0 aliphatic heterocycles. The van der Waals surface area contributed by atoms with Gasteiger partial charge in [0.15, 0.2) is 0 Å². The highest BCUT2D eigenvalue weighted by Crippen LogP contribution is 2.38. The van der Waals surface area contributed by atoms with Crippen molar-refractivity contribution in [1.29, 1.82) is 0 Å². The smallest absolute Gasteiger partial charge is 0.241 e. The third-order valence-electron chi connectivity index (χ3n) is 3.37. The predicted octanol–water partition coefficient (Wildman–Crippen LogP) is 0.920. The van der Waals surface area contributed by atoms with Gasteiger partial charge < -0.3 is 15.6 Å². The van der Waals surface area contributed by atoms with E-state index in [1.54, 1.807) is 11.0 Å². The average Bonchev–Trinajstić information content (AvgIpc) is 3.30. The van der Waals surface area contributed by atoms with Crippen LogP contribution in [0.1, 0.15) is 38.4 Å². The lowest BCUT2D eigenvalue weighted by Crippen LogP contribution is -2.35. The molecule has 4 N–H and O–H groups in total. The second-order valence-corrected chi connectivity index (χ2v) is 4.83. The van der Waals surface area contributed by atoms with Gasteiger partial charge in [0, 0.05) is 25.1 Å². The van der Waals surface area contributed by atoms with Crippen molar-refractivity contribution < 1.29 is 4.79 Å². The summed E-state index contributed by atoms with van der Waals surface area (Å²) in [5.74, 6) is 7.90. The van der Waals surface area contributed by atoms with Gasteiger partial charge in [-0.3, -0.25) is 4.79 Å². The van der Waals surface area contributed by atoms with Crippen LogP contribution < -0.4 is 16.6 Å². The topological polar surface area (TPSA) is 96.2 Å². The first-order valence-corrected chi connectivity index (χ1v) is 7.05. The van der Waals surface area contributed by atoms with Crippen molar-refractivity contribution in [3.8, 4) is 0 Å². The fourth-order valence-electron chi connectivity index (χ4n) is 2.01. The minimum atomic E-state index is 0.0591. The molecule has 20 heavy (non-hydrogen) atoms. The van der Waals surface area contributed by atoms with Gasteiger partial charge in [-0.1, -0.05) is 0 Å². The first-order valence-electron chi connectivity index (χ1n) is 7.05. The quantitative estimate of drug-likeness (QED) is 0.507. The Hall–Kier alpha value is -1.89. The number of carbonyl (C=O) groups is 1. The summed E-state index contributed by atoms with van der Waals surface area (Å²) in [6.07, 6.45) is 2.23. The monoisotopic (exact) mass is 278 g/mol. The highest BCUT2D eigenvalue weighted by atomic mass is 16.2. The average molecular weight is 278 g/mol. The summed E-state index contributed by atoms with van der Waals surface area (Å²) in [7, 11) is 0. The molecule has 1 aromatic heterocycles. The standard InChI is InChI=1S/C13H22N6O/c1-3-19(4-2)12(20)8-15-10-7-11(18-14)17-13(16-10)9-5-6-9/h7,9H,3-6,8,14H2,1-2H3,(H2,15,16,17,18). The molecule has 0 aromatic carbocycles. The Morgan fingerprint density at radius 3 is 2.55 bits per heavy atom. The van der Waals surface area contributed by atoms with Crippen molar-refractivity contribution in [2.75, 3.05) is 30.4 Å². The molecule has 110 valence electrons. The van der Waals surface area contributed by atoms with Crippen LogP contribution in [-0.4, -0.2) is 40.4 Å². The molecule has 0 bridgehead atoms. The number of nitrogens with zero attached hydrogens (tertiary/aromatic N) is 3. The number of nitrogen functional groups attached to an aromatic ring is 1. The zero-order chi connectivity index (χ0) is 14.5. The second-order valence-electron chi connectivity index (χ2n) is 4.83. The molecule has 0 saturated heterocycles. The van der Waals surface area contributed by atoms with Gasteiger partial charge in [0.25, 0.3) is 0 Å². The number of hydrogen-bond acceptors (Lipinski definition) is 6. The van der Waals surface area contributed by atoms with E-state index in [0.29, 0.717) is 30.6 Å². The fraction of sp³-hybridized carbons (Fsp3) is 0.615. The van der Waals surface area contributed by atoms with E-state index in [1.165, 1.54) is 0 Å². The number of hydrogen-bond donors (Lipinski definition) is 3. The van der Waals surface area contributed by atoms with E-state index >= 15 is 0 Å². The molecule has 1 heterocycles. The lowest BCUT2D eigenvalue weighted by molar-refractivity contribution is -0.128. The van der Waals surface area contributed by atoms with Crippen molar-refractivity contribution in [3.05, 3.63) is 11.9 Å². The summed E-state index contributed by atoms with van der Waals surface area (Å²) in [4.78, 5) is 22.5. The highest BCUT2D eigenvalue weighted by Gasteiger charge is 2.27. The van der Waals surface area contributed by atoms with Crippen molar-refractivity contribution in [2.24, 2.45) is 5.84 Å². The minimum Gasteiger partial charge on any atom is -0.361 e. The normalized spacial score (nSPS) is 13.9. The van der Waals surface area contributed by atoms with Crippen LogP contribution in [0.2, 0.25) is 0 Å². The van der Waals surface area contributed by atoms with E-state index < -0.39 is 0 Å². The van der Waals surface area contributed by atoms with E-state index in [1.807, 2.05) is 13.8 Å². The van der Waals surface area contributed by atoms with Crippen LogP contribution in [0.25, 0.3) is 0 Å². The first-order chi connectivity index (χ1) is 9.67. The Kier molecular flexibility index (Phi) is 4.73. The molecule has 0 spiro atoms. The van der Waals surface area contributed by atoms with Crippen molar-refractivity contribution in [3.63, 3.8) is 0 Å². The van der Waals surface area contributed by atoms with Crippen LogP contribution >= 0.6 is 0 Å². The van der Waals surface area contributed by atoms with Crippen molar-refractivity contribution in [2.45, 2.75) is 32.6 Å². The van der Waals surface area contributed by atoms with E-state index in [9.17, 15) is 4.79 Å². The van der Waals surface area contributed by atoms with Crippen LogP contribution in [0.5, 0.6) is 0 Å². The Bertz CT molecular complexity index is 470. The maximum atomic E-state index is 11.9. The van der Waals surface area contributed by atoms with Crippen molar-refractivity contribution in [1.82, 2.24) is 14.9 Å². The van der Waals surface area contributed by atoms with E-state index in [4.69, 9.17) is 5.84 Å². The SMILES string of the molecule is CCN(CC)C(=O)CNc1cc(NN)nc(C2CC2)n1. The molecule has 1 aliphatic carbocycles. The molecule has 7 nitrogen and oxygen atoms in total. The Morgan fingerprint density at radius 2 is 2.00 bits per heavy atom. The zero-order valence-corrected chi connectivity index (χ0v) is 12.0. The number of nitrogens with one attached hydrogen (secondary N) is 2. The maximum absolute atomic E-state index is 11.9. The summed E-state index contributed by atoms with van der Waals surface area (Å²) < 4.78 is 0. The number of hydrazine groups is 1. The number of rotatable bonds is 7. The summed E-state index contributed by atoms with van der Waals surface area (Å²) in [6.45, 7) is 5.59. The summed E-state index contributed by atoms with van der Waals surface area (Å²) in [5.41, 5.74) is 2.54. The molecule has 1 fully saturated rings. The van der Waals surface area contributed by atoms with Gasteiger partial charge in [-0.2, -0.15) is 0 Å². The van der Waals surface area contributed by atoms with Gasteiger partial charge in [-0.25, -0.2) is 15.8 Å². The number of carbonyl (C=O) groups excluding carboxylic acids is 1. The lowest BCUT2D eigenvalue weighted by atomic mass is 10.3. The van der Waals surface area contributed by atoms with Gasteiger partial charge in [-0.05, 0) is 26.7 Å². The van der Waals surface area contributed by atoms with Crippen LogP contribution in [-0.2, 0) is 4.79 Å². The van der Waals surface area contributed by atoms with Crippen molar-refractivity contribution >= 4 is 17.5 Å². The summed E-state index contributed by atoms with van der Waals surface area (Å²) >= 11 is 0. The molecule has 0 radical (unpaired) electrons. The first kappa shape index (κ1) is 14.5. The van der Waals surface area contributed by atoms with Gasteiger partial charge in [0.2, 0.25) is 5.91 Å². The Balaban J connectivity index is 2.01. The number of nitrogens with two attached hydrogens (primary N) is 1. The third kappa shape index (κ3) is 3.57.